The number of anilines is 2. The maximum Gasteiger partial charge on any atom is 0.254 e. The Labute approximate surface area is 239 Å². The van der Waals surface area contributed by atoms with Gasteiger partial charge in [-0.3, -0.25) is 14.4 Å². The van der Waals surface area contributed by atoms with Crippen LogP contribution in [-0.4, -0.2) is 57.5 Å². The molecule has 4 aromatic rings. The van der Waals surface area contributed by atoms with Crippen LogP contribution in [0, 0.1) is 5.41 Å². The van der Waals surface area contributed by atoms with Gasteiger partial charge in [-0.25, -0.2) is 0 Å². The minimum absolute atomic E-state index is 0.200. The van der Waals surface area contributed by atoms with E-state index in [0.717, 1.165) is 4.88 Å². The SMILES string of the molecule is CC(C)(C)C(=O)n1nc(-c2cn(CC(=O)c3cnoc3)c(=O)cc2N2CCOCC2)cc1NCc1ccc(Cl)s1. The molecule has 0 spiro atoms. The van der Waals surface area contributed by atoms with Crippen LogP contribution in [0.2, 0.25) is 4.34 Å². The molecule has 0 bridgehead atoms. The van der Waals surface area contributed by atoms with E-state index in [4.69, 9.17) is 26.0 Å². The number of thiophene rings is 1. The van der Waals surface area contributed by atoms with Crippen molar-refractivity contribution in [1.29, 1.82) is 0 Å². The van der Waals surface area contributed by atoms with Gasteiger partial charge in [0.1, 0.15) is 12.1 Å². The molecule has 0 aliphatic carbocycles. The van der Waals surface area contributed by atoms with Gasteiger partial charge in [0.15, 0.2) is 5.78 Å². The monoisotopic (exact) mass is 584 g/mol. The van der Waals surface area contributed by atoms with E-state index in [1.54, 1.807) is 12.3 Å². The van der Waals surface area contributed by atoms with Gasteiger partial charge in [-0.2, -0.15) is 9.78 Å². The molecule has 0 unspecified atom stereocenters. The predicted molar refractivity (Wildman–Crippen MR) is 153 cm³/mol. The number of Topliss-reactive ketones (excluding diaryl/α,β-unsaturated/α-hetero) is 1. The van der Waals surface area contributed by atoms with E-state index in [1.807, 2.05) is 32.9 Å². The van der Waals surface area contributed by atoms with Gasteiger partial charge >= 0.3 is 0 Å². The Hall–Kier alpha value is -3.74. The van der Waals surface area contributed by atoms with E-state index in [2.05, 4.69) is 15.4 Å². The first kappa shape index (κ1) is 27.8. The van der Waals surface area contributed by atoms with Crippen molar-refractivity contribution in [3.63, 3.8) is 0 Å². The summed E-state index contributed by atoms with van der Waals surface area (Å²) in [5.74, 6) is -0.0150. The van der Waals surface area contributed by atoms with Crippen LogP contribution >= 0.6 is 22.9 Å². The van der Waals surface area contributed by atoms with Gasteiger partial charge < -0.3 is 24.0 Å². The molecule has 1 fully saturated rings. The van der Waals surface area contributed by atoms with Gasteiger partial charge in [0.25, 0.3) is 11.5 Å². The average molecular weight is 585 g/mol. The highest BCUT2D eigenvalue weighted by Crippen LogP contribution is 2.33. The van der Waals surface area contributed by atoms with Gasteiger partial charge in [-0.15, -0.1) is 11.3 Å². The maximum atomic E-state index is 13.4. The predicted octanol–water partition coefficient (Wildman–Crippen LogP) is 4.43. The molecule has 210 valence electrons. The summed E-state index contributed by atoms with van der Waals surface area (Å²) in [6.07, 6.45) is 4.18. The first-order valence-corrected chi connectivity index (χ1v) is 13.9. The van der Waals surface area contributed by atoms with Gasteiger partial charge in [0.05, 0.1) is 53.8 Å². The second-order valence-electron chi connectivity index (χ2n) is 10.4. The Kier molecular flexibility index (Phi) is 7.92. The molecule has 5 rings (SSSR count). The molecule has 1 aliphatic rings. The fraction of sp³-hybridized carbons (Fsp3) is 0.370. The van der Waals surface area contributed by atoms with E-state index in [9.17, 15) is 14.4 Å². The van der Waals surface area contributed by atoms with Crippen LogP contribution in [0.15, 0.2) is 52.2 Å². The van der Waals surface area contributed by atoms with Crippen LogP contribution in [0.5, 0.6) is 0 Å². The highest BCUT2D eigenvalue weighted by atomic mass is 35.5. The van der Waals surface area contributed by atoms with Crippen molar-refractivity contribution < 1.29 is 18.8 Å². The Balaban J connectivity index is 1.58. The van der Waals surface area contributed by atoms with Gasteiger partial charge in [0.2, 0.25) is 0 Å². The van der Waals surface area contributed by atoms with Crippen molar-refractivity contribution >= 4 is 46.1 Å². The smallest absolute Gasteiger partial charge is 0.254 e. The number of morpholine rings is 1. The van der Waals surface area contributed by atoms with Crippen molar-refractivity contribution in [3.8, 4) is 11.3 Å². The lowest BCUT2D eigenvalue weighted by Gasteiger charge is -2.30. The third-order valence-electron chi connectivity index (χ3n) is 6.42. The van der Waals surface area contributed by atoms with Crippen molar-refractivity contribution in [2.75, 3.05) is 36.5 Å². The third-order valence-corrected chi connectivity index (χ3v) is 7.65. The molecule has 0 amide bonds. The Morgan fingerprint density at radius 1 is 1.18 bits per heavy atom. The lowest BCUT2D eigenvalue weighted by atomic mass is 9.96. The number of halogens is 1. The van der Waals surface area contributed by atoms with Crippen LogP contribution < -0.4 is 15.8 Å². The number of nitrogens with zero attached hydrogens (tertiary/aromatic N) is 5. The number of aromatic nitrogens is 4. The minimum Gasteiger partial charge on any atom is -0.378 e. The number of hydrogen-bond acceptors (Lipinski definition) is 10. The zero-order chi connectivity index (χ0) is 28.4. The molecular weight excluding hydrogens is 556 g/mol. The summed E-state index contributed by atoms with van der Waals surface area (Å²) in [6, 6.07) is 7.04. The number of carbonyl (C=O) groups is 2. The molecular formula is C27H29ClN6O5S. The quantitative estimate of drug-likeness (QED) is 0.299. The summed E-state index contributed by atoms with van der Waals surface area (Å²) >= 11 is 7.55. The third kappa shape index (κ3) is 6.03. The van der Waals surface area contributed by atoms with Crippen molar-refractivity contribution in [2.45, 2.75) is 33.9 Å². The lowest BCUT2D eigenvalue weighted by molar-refractivity contribution is 0.0752. The van der Waals surface area contributed by atoms with Gasteiger partial charge in [0, 0.05) is 47.3 Å². The number of rotatable bonds is 8. The lowest BCUT2D eigenvalue weighted by Crippen LogP contribution is -2.37. The van der Waals surface area contributed by atoms with E-state index < -0.39 is 5.41 Å². The Morgan fingerprint density at radius 3 is 2.60 bits per heavy atom. The van der Waals surface area contributed by atoms with E-state index in [-0.39, 0.29) is 29.4 Å². The highest BCUT2D eigenvalue weighted by Gasteiger charge is 2.28. The largest absolute Gasteiger partial charge is 0.378 e. The summed E-state index contributed by atoms with van der Waals surface area (Å²) in [6.45, 7) is 7.93. The number of ketones is 1. The van der Waals surface area contributed by atoms with Crippen molar-refractivity contribution in [2.24, 2.45) is 5.41 Å². The normalized spacial score (nSPS) is 13.9. The minimum atomic E-state index is -0.706. The Bertz CT molecular complexity index is 1580. The topological polar surface area (TPSA) is 124 Å². The molecule has 4 aromatic heterocycles. The van der Waals surface area contributed by atoms with Crippen LogP contribution in [0.3, 0.4) is 0 Å². The number of nitrogens with one attached hydrogen (secondary N) is 1. The van der Waals surface area contributed by atoms with Crippen LogP contribution in [-0.2, 0) is 17.8 Å². The molecule has 5 heterocycles. The van der Waals surface area contributed by atoms with Crippen LogP contribution in [0.1, 0.15) is 40.8 Å². The van der Waals surface area contributed by atoms with Crippen molar-refractivity contribution in [1.82, 2.24) is 19.5 Å². The average Bonchev–Trinajstić information content (AvgIpc) is 3.69. The fourth-order valence-electron chi connectivity index (χ4n) is 4.27. The van der Waals surface area contributed by atoms with E-state index >= 15 is 0 Å². The molecule has 40 heavy (non-hydrogen) atoms. The Morgan fingerprint density at radius 2 is 1.95 bits per heavy atom. The molecule has 1 N–H and O–H groups in total. The summed E-state index contributed by atoms with van der Waals surface area (Å²) in [4.78, 5) is 42.4. The summed E-state index contributed by atoms with van der Waals surface area (Å²) in [7, 11) is 0. The maximum absolute atomic E-state index is 13.4. The standard InChI is InChI=1S/C27H29ClN6O5S/c1-27(2,3)26(37)34-24(29-13-18-4-5-23(28)40-18)10-20(31-34)19-14-33(15-22(35)17-12-30-39-16-17)25(36)11-21(19)32-6-8-38-9-7-32/h4-5,10-12,14,16,29H,6-9,13,15H2,1-3H3. The number of pyridine rings is 1. The van der Waals surface area contributed by atoms with Crippen LogP contribution in [0.25, 0.3) is 11.3 Å². The number of ether oxygens (including phenoxy) is 1. The molecule has 0 saturated carbocycles. The summed E-state index contributed by atoms with van der Waals surface area (Å²) < 4.78 is 13.7. The summed E-state index contributed by atoms with van der Waals surface area (Å²) in [5.41, 5.74) is 0.979. The number of hydrogen-bond donors (Lipinski definition) is 1. The van der Waals surface area contributed by atoms with Crippen molar-refractivity contribution in [3.05, 3.63) is 68.1 Å². The van der Waals surface area contributed by atoms with Gasteiger partial charge in [-0.05, 0) is 12.1 Å². The fourth-order valence-corrected chi connectivity index (χ4v) is 5.30. The molecule has 0 aromatic carbocycles. The molecule has 0 radical (unpaired) electrons. The molecule has 11 nitrogen and oxygen atoms in total. The van der Waals surface area contributed by atoms with E-state index in [1.165, 1.54) is 39.1 Å². The number of carbonyl (C=O) groups excluding carboxylic acids is 2. The van der Waals surface area contributed by atoms with E-state index in [0.29, 0.717) is 59.9 Å². The molecule has 13 heteroatoms. The highest BCUT2D eigenvalue weighted by molar-refractivity contribution is 7.16. The zero-order valence-electron chi connectivity index (χ0n) is 22.3. The second-order valence-corrected chi connectivity index (χ2v) is 12.2. The first-order valence-electron chi connectivity index (χ1n) is 12.7. The first-order chi connectivity index (χ1) is 19.1. The second kappa shape index (κ2) is 11.4. The zero-order valence-corrected chi connectivity index (χ0v) is 23.9. The molecule has 1 aliphatic heterocycles. The van der Waals surface area contributed by atoms with Crippen LogP contribution in [0.4, 0.5) is 11.5 Å². The van der Waals surface area contributed by atoms with Gasteiger partial charge in [-0.1, -0.05) is 37.5 Å². The molecule has 0 atom stereocenters. The molecule has 1 saturated heterocycles. The summed E-state index contributed by atoms with van der Waals surface area (Å²) in [5, 5.41) is 11.6.